The van der Waals surface area contributed by atoms with Gasteiger partial charge in [0.15, 0.2) is 0 Å². The van der Waals surface area contributed by atoms with Crippen LogP contribution in [-0.2, 0) is 0 Å². The molecular weight excluding hydrogens is 243 g/mol. The van der Waals surface area contributed by atoms with E-state index in [2.05, 4.69) is 15.9 Å². The second kappa shape index (κ2) is 2.71. The normalized spacial score (nSPS) is 10.8. The molecule has 0 saturated heterocycles. The number of thiophene rings is 1. The lowest BCUT2D eigenvalue weighted by atomic mass is 10.2. The van der Waals surface area contributed by atoms with Gasteiger partial charge in [0.2, 0.25) is 0 Å². The molecule has 0 amide bonds. The van der Waals surface area contributed by atoms with Crippen LogP contribution < -0.4 is 0 Å². The summed E-state index contributed by atoms with van der Waals surface area (Å²) < 4.78 is 14.2. The van der Waals surface area contributed by atoms with Crippen molar-refractivity contribution in [1.29, 1.82) is 0 Å². The van der Waals surface area contributed by atoms with Gasteiger partial charge >= 0.3 is 0 Å². The smallest absolute Gasteiger partial charge is 0.138 e. The van der Waals surface area contributed by atoms with Gasteiger partial charge in [0.25, 0.3) is 0 Å². The van der Waals surface area contributed by atoms with Crippen molar-refractivity contribution in [2.75, 3.05) is 0 Å². The molecule has 0 aliphatic carbocycles. The molecule has 1 aromatic carbocycles. The highest BCUT2D eigenvalue weighted by Gasteiger charge is 2.09. The number of fused-ring (bicyclic) bond motifs is 1. The minimum Gasteiger partial charge on any atom is -0.506 e. The van der Waals surface area contributed by atoms with Gasteiger partial charge in [-0.05, 0) is 28.1 Å². The van der Waals surface area contributed by atoms with Crippen molar-refractivity contribution < 1.29 is 9.50 Å². The Kier molecular flexibility index (Phi) is 1.81. The maximum Gasteiger partial charge on any atom is 0.138 e. The largest absolute Gasteiger partial charge is 0.506 e. The first-order valence-corrected chi connectivity index (χ1v) is 4.91. The summed E-state index contributed by atoms with van der Waals surface area (Å²) >= 11 is 4.47. The van der Waals surface area contributed by atoms with Crippen LogP contribution in [0.25, 0.3) is 10.1 Å². The summed E-state index contributed by atoms with van der Waals surface area (Å²) in [6, 6.07) is 3.03. The molecule has 62 valence electrons. The molecule has 0 radical (unpaired) electrons. The zero-order valence-electron chi connectivity index (χ0n) is 5.84. The van der Waals surface area contributed by atoms with Gasteiger partial charge in [0, 0.05) is 10.1 Å². The Balaban J connectivity index is 2.96. The number of hydrogen-bond acceptors (Lipinski definition) is 2. The minimum absolute atomic E-state index is 0.126. The molecule has 0 spiro atoms. The molecule has 12 heavy (non-hydrogen) atoms. The van der Waals surface area contributed by atoms with Gasteiger partial charge in [0.1, 0.15) is 11.6 Å². The van der Waals surface area contributed by atoms with Crippen LogP contribution >= 0.6 is 27.3 Å². The molecule has 0 atom stereocenters. The van der Waals surface area contributed by atoms with Crippen LogP contribution in [0.3, 0.4) is 0 Å². The van der Waals surface area contributed by atoms with Crippen molar-refractivity contribution in [3.63, 3.8) is 0 Å². The van der Waals surface area contributed by atoms with Gasteiger partial charge in [-0.2, -0.15) is 0 Å². The fourth-order valence-electron chi connectivity index (χ4n) is 1.05. The van der Waals surface area contributed by atoms with E-state index in [1.807, 2.05) is 0 Å². The number of halogens is 2. The Hall–Kier alpha value is -0.610. The molecule has 1 N–H and O–H groups in total. The maximum atomic E-state index is 13.0. The summed E-state index contributed by atoms with van der Waals surface area (Å²) in [5, 5.41) is 11.5. The van der Waals surface area contributed by atoms with Crippen LogP contribution in [0.15, 0.2) is 22.0 Å². The molecule has 0 aliphatic rings. The third kappa shape index (κ3) is 1.03. The number of aromatic hydroxyl groups is 1. The van der Waals surface area contributed by atoms with Crippen molar-refractivity contribution in [1.82, 2.24) is 0 Å². The highest BCUT2D eigenvalue weighted by Crippen LogP contribution is 2.37. The Labute approximate surface area is 80.6 Å². The van der Waals surface area contributed by atoms with Crippen molar-refractivity contribution in [2.24, 2.45) is 0 Å². The fourth-order valence-corrected chi connectivity index (χ4v) is 2.56. The van der Waals surface area contributed by atoms with Crippen LogP contribution in [-0.4, -0.2) is 5.11 Å². The highest BCUT2D eigenvalue weighted by atomic mass is 79.9. The average Bonchev–Trinajstić information content (AvgIpc) is 2.41. The van der Waals surface area contributed by atoms with E-state index < -0.39 is 0 Å². The Bertz CT molecular complexity index is 438. The molecule has 2 rings (SSSR count). The summed E-state index contributed by atoms with van der Waals surface area (Å²) in [5.74, 6) is -0.224. The second-order valence-corrected chi connectivity index (χ2v) is 4.06. The van der Waals surface area contributed by atoms with Crippen LogP contribution in [0.1, 0.15) is 0 Å². The molecule has 0 bridgehead atoms. The first-order valence-electron chi connectivity index (χ1n) is 3.24. The SMILES string of the molecule is Oc1csc2ccc(F)c(Br)c12. The molecule has 4 heteroatoms. The molecule has 0 aliphatic heterocycles. The van der Waals surface area contributed by atoms with Crippen molar-refractivity contribution >= 4 is 37.4 Å². The molecule has 0 saturated carbocycles. The molecule has 0 fully saturated rings. The summed E-state index contributed by atoms with van der Waals surface area (Å²) in [6.07, 6.45) is 0. The highest BCUT2D eigenvalue weighted by molar-refractivity contribution is 9.10. The third-order valence-corrected chi connectivity index (χ3v) is 3.32. The first kappa shape index (κ1) is 8.01. The lowest BCUT2D eigenvalue weighted by Crippen LogP contribution is -1.75. The molecular formula is C8H4BrFOS. The van der Waals surface area contributed by atoms with Crippen LogP contribution in [0.4, 0.5) is 4.39 Å². The summed E-state index contributed by atoms with van der Waals surface area (Å²) in [5.41, 5.74) is 0. The fraction of sp³-hybridized carbons (Fsp3) is 0. The number of hydrogen-bond donors (Lipinski definition) is 1. The maximum absolute atomic E-state index is 13.0. The number of benzene rings is 1. The van der Waals surface area contributed by atoms with Gasteiger partial charge in [-0.3, -0.25) is 0 Å². The third-order valence-electron chi connectivity index (χ3n) is 1.61. The molecule has 1 heterocycles. The monoisotopic (exact) mass is 246 g/mol. The Morgan fingerprint density at radius 1 is 1.42 bits per heavy atom. The van der Waals surface area contributed by atoms with E-state index in [1.165, 1.54) is 17.4 Å². The predicted octanol–water partition coefficient (Wildman–Crippen LogP) is 3.51. The summed E-state index contributed by atoms with van der Waals surface area (Å²) in [4.78, 5) is 0. The van der Waals surface area contributed by atoms with Crippen LogP contribution in [0, 0.1) is 5.82 Å². The minimum atomic E-state index is -0.351. The van der Waals surface area contributed by atoms with Crippen molar-refractivity contribution in [3.8, 4) is 5.75 Å². The van der Waals surface area contributed by atoms with Crippen LogP contribution in [0.5, 0.6) is 5.75 Å². The summed E-state index contributed by atoms with van der Waals surface area (Å²) in [7, 11) is 0. The molecule has 2 aromatic rings. The van der Waals surface area contributed by atoms with Gasteiger partial charge in [-0.25, -0.2) is 4.39 Å². The van der Waals surface area contributed by atoms with E-state index in [9.17, 15) is 9.50 Å². The number of rotatable bonds is 0. The predicted molar refractivity (Wildman–Crippen MR) is 51.1 cm³/mol. The molecule has 0 unspecified atom stereocenters. The van der Waals surface area contributed by atoms with E-state index in [1.54, 1.807) is 11.4 Å². The van der Waals surface area contributed by atoms with Crippen molar-refractivity contribution in [3.05, 3.63) is 27.8 Å². The van der Waals surface area contributed by atoms with E-state index in [0.717, 1.165) is 4.70 Å². The lowest BCUT2D eigenvalue weighted by Gasteiger charge is -1.96. The van der Waals surface area contributed by atoms with Gasteiger partial charge in [0.05, 0.1) is 9.86 Å². The lowest BCUT2D eigenvalue weighted by molar-refractivity contribution is 0.483. The Morgan fingerprint density at radius 2 is 2.17 bits per heavy atom. The second-order valence-electron chi connectivity index (χ2n) is 2.36. The first-order chi connectivity index (χ1) is 5.70. The van der Waals surface area contributed by atoms with E-state index in [4.69, 9.17) is 0 Å². The van der Waals surface area contributed by atoms with Crippen LogP contribution in [0.2, 0.25) is 0 Å². The molecule has 1 aromatic heterocycles. The van der Waals surface area contributed by atoms with Gasteiger partial charge in [-0.15, -0.1) is 11.3 Å². The van der Waals surface area contributed by atoms with E-state index >= 15 is 0 Å². The van der Waals surface area contributed by atoms with E-state index in [-0.39, 0.29) is 11.6 Å². The molecule has 1 nitrogen and oxygen atoms in total. The summed E-state index contributed by atoms with van der Waals surface area (Å²) in [6.45, 7) is 0. The van der Waals surface area contributed by atoms with E-state index in [0.29, 0.717) is 9.86 Å². The average molecular weight is 247 g/mol. The standard InChI is InChI=1S/C8H4BrFOS/c9-8-4(10)1-2-6-7(8)5(11)3-12-6/h1-3,11H. The zero-order chi connectivity index (χ0) is 8.72. The quantitative estimate of drug-likeness (QED) is 0.755. The zero-order valence-corrected chi connectivity index (χ0v) is 8.25. The van der Waals surface area contributed by atoms with Gasteiger partial charge in [-0.1, -0.05) is 0 Å². The Morgan fingerprint density at radius 3 is 2.92 bits per heavy atom. The topological polar surface area (TPSA) is 20.2 Å². The van der Waals surface area contributed by atoms with Crippen molar-refractivity contribution in [2.45, 2.75) is 0 Å². The van der Waals surface area contributed by atoms with Gasteiger partial charge < -0.3 is 5.11 Å².